The lowest BCUT2D eigenvalue weighted by Gasteiger charge is -2.57. The average molecular weight is 365 g/mol. The van der Waals surface area contributed by atoms with Gasteiger partial charge in [-0.2, -0.15) is 13.2 Å². The molecule has 0 aromatic heterocycles. The predicted octanol–water partition coefficient (Wildman–Crippen LogP) is 5.38. The Kier molecular flexibility index (Phi) is 4.12. The molecule has 1 aromatic rings. The summed E-state index contributed by atoms with van der Waals surface area (Å²) in [6, 6.07) is 5.77. The Morgan fingerprint density at radius 3 is 2.08 bits per heavy atom. The SMILES string of the molecule is CCN(C(=O)C(F)(F)F)c1ccc(C23CC4CC(CC(C4)C2)C3)cc1C. The van der Waals surface area contributed by atoms with Crippen LogP contribution in [0.3, 0.4) is 0 Å². The van der Waals surface area contributed by atoms with E-state index in [2.05, 4.69) is 6.07 Å². The Morgan fingerprint density at radius 2 is 1.65 bits per heavy atom. The molecule has 142 valence electrons. The van der Waals surface area contributed by atoms with Crippen molar-refractivity contribution in [3.63, 3.8) is 0 Å². The van der Waals surface area contributed by atoms with Gasteiger partial charge in [0.1, 0.15) is 0 Å². The Hall–Kier alpha value is -1.52. The molecule has 0 spiro atoms. The van der Waals surface area contributed by atoms with Gasteiger partial charge in [0.2, 0.25) is 0 Å². The molecule has 0 atom stereocenters. The first-order valence-corrected chi connectivity index (χ1v) is 9.71. The van der Waals surface area contributed by atoms with Gasteiger partial charge in [0.25, 0.3) is 0 Å². The third kappa shape index (κ3) is 2.84. The van der Waals surface area contributed by atoms with Crippen LogP contribution in [0.2, 0.25) is 0 Å². The normalized spacial score (nSPS) is 32.7. The van der Waals surface area contributed by atoms with Crippen LogP contribution in [0.1, 0.15) is 56.6 Å². The number of hydrogen-bond acceptors (Lipinski definition) is 1. The minimum Gasteiger partial charge on any atom is -0.305 e. The number of rotatable bonds is 3. The molecule has 26 heavy (non-hydrogen) atoms. The number of aryl methyl sites for hydroxylation is 1. The lowest BCUT2D eigenvalue weighted by molar-refractivity contribution is -0.170. The summed E-state index contributed by atoms with van der Waals surface area (Å²) in [5.41, 5.74) is 2.62. The molecule has 0 N–H and O–H groups in total. The predicted molar refractivity (Wildman–Crippen MR) is 95.1 cm³/mol. The summed E-state index contributed by atoms with van der Waals surface area (Å²) in [6.07, 6.45) is 2.89. The summed E-state index contributed by atoms with van der Waals surface area (Å²) >= 11 is 0. The number of carbonyl (C=O) groups is 1. The number of anilines is 1. The van der Waals surface area contributed by atoms with Gasteiger partial charge < -0.3 is 4.90 Å². The van der Waals surface area contributed by atoms with Crippen molar-refractivity contribution in [2.24, 2.45) is 17.8 Å². The van der Waals surface area contributed by atoms with Crippen molar-refractivity contribution in [3.8, 4) is 0 Å². The van der Waals surface area contributed by atoms with E-state index in [0.29, 0.717) is 5.69 Å². The Bertz CT molecular complexity index is 689. The average Bonchev–Trinajstić information content (AvgIpc) is 2.54. The maximum atomic E-state index is 12.9. The molecule has 1 aromatic carbocycles. The molecular weight excluding hydrogens is 339 g/mol. The fraction of sp³-hybridized carbons (Fsp3) is 0.667. The molecule has 4 bridgehead atoms. The molecule has 1 amide bonds. The Balaban J connectivity index is 1.65. The molecule has 4 fully saturated rings. The maximum Gasteiger partial charge on any atom is 0.471 e. The fourth-order valence-electron chi connectivity index (χ4n) is 6.33. The van der Waals surface area contributed by atoms with Crippen molar-refractivity contribution in [3.05, 3.63) is 29.3 Å². The lowest BCUT2D eigenvalue weighted by atomic mass is 9.48. The van der Waals surface area contributed by atoms with Gasteiger partial charge in [-0.3, -0.25) is 4.79 Å². The van der Waals surface area contributed by atoms with E-state index in [1.807, 2.05) is 13.0 Å². The molecule has 0 unspecified atom stereocenters. The lowest BCUT2D eigenvalue weighted by Crippen LogP contribution is -2.48. The van der Waals surface area contributed by atoms with Crippen LogP contribution in [0.4, 0.5) is 18.9 Å². The molecule has 0 aliphatic heterocycles. The van der Waals surface area contributed by atoms with E-state index >= 15 is 0 Å². The molecule has 2 nitrogen and oxygen atoms in total. The zero-order valence-corrected chi connectivity index (χ0v) is 15.4. The molecular formula is C21H26F3NO. The van der Waals surface area contributed by atoms with Gasteiger partial charge >= 0.3 is 12.1 Å². The number of alkyl halides is 3. The number of benzene rings is 1. The van der Waals surface area contributed by atoms with Gasteiger partial charge in [0.15, 0.2) is 0 Å². The highest BCUT2D eigenvalue weighted by atomic mass is 19.4. The van der Waals surface area contributed by atoms with Crippen molar-refractivity contribution in [2.45, 2.75) is 64.0 Å². The molecule has 5 heteroatoms. The summed E-state index contributed by atoms with van der Waals surface area (Å²) in [5.74, 6) is 0.672. The summed E-state index contributed by atoms with van der Waals surface area (Å²) in [7, 11) is 0. The summed E-state index contributed by atoms with van der Waals surface area (Å²) in [6.45, 7) is 3.41. The number of carbonyl (C=O) groups excluding carboxylic acids is 1. The number of nitrogens with zero attached hydrogens (tertiary/aromatic N) is 1. The molecule has 5 rings (SSSR count). The zero-order chi connectivity index (χ0) is 18.7. The van der Waals surface area contributed by atoms with Crippen LogP contribution in [0, 0.1) is 24.7 Å². The van der Waals surface area contributed by atoms with Crippen molar-refractivity contribution in [1.29, 1.82) is 0 Å². The maximum absolute atomic E-state index is 12.9. The first kappa shape index (κ1) is 17.9. The van der Waals surface area contributed by atoms with E-state index in [-0.39, 0.29) is 12.0 Å². The highest BCUT2D eigenvalue weighted by Gasteiger charge is 2.51. The fourth-order valence-corrected chi connectivity index (χ4v) is 6.33. The quantitative estimate of drug-likeness (QED) is 0.704. The number of halogens is 3. The smallest absolute Gasteiger partial charge is 0.305 e. The zero-order valence-electron chi connectivity index (χ0n) is 15.4. The van der Waals surface area contributed by atoms with Crippen LogP contribution in [-0.2, 0) is 10.2 Å². The summed E-state index contributed by atoms with van der Waals surface area (Å²) in [4.78, 5) is 12.6. The van der Waals surface area contributed by atoms with Crippen LogP contribution in [0.25, 0.3) is 0 Å². The van der Waals surface area contributed by atoms with Gasteiger partial charge in [-0.25, -0.2) is 0 Å². The highest BCUT2D eigenvalue weighted by Crippen LogP contribution is 2.60. The van der Waals surface area contributed by atoms with E-state index in [9.17, 15) is 18.0 Å². The van der Waals surface area contributed by atoms with Crippen LogP contribution in [-0.4, -0.2) is 18.6 Å². The number of hydrogen-bond donors (Lipinski definition) is 0. The minimum absolute atomic E-state index is 0.00982. The van der Waals surface area contributed by atoms with E-state index < -0.39 is 12.1 Å². The standard InChI is InChI=1S/C21H26F3NO/c1-3-25(19(26)21(22,23)24)18-5-4-17(6-13(18)2)20-10-14-7-15(11-20)9-16(8-14)12-20/h4-6,14-16H,3,7-12H2,1-2H3. The van der Waals surface area contributed by atoms with Gasteiger partial charge in [-0.1, -0.05) is 12.1 Å². The third-order valence-corrected chi connectivity index (χ3v) is 6.94. The Labute approximate surface area is 152 Å². The summed E-state index contributed by atoms with van der Waals surface area (Å²) < 4.78 is 38.7. The van der Waals surface area contributed by atoms with Crippen molar-refractivity contribution in [1.82, 2.24) is 0 Å². The van der Waals surface area contributed by atoms with Crippen LogP contribution < -0.4 is 4.90 Å². The van der Waals surface area contributed by atoms with E-state index in [1.54, 1.807) is 13.0 Å². The molecule has 0 heterocycles. The monoisotopic (exact) mass is 365 g/mol. The van der Waals surface area contributed by atoms with Crippen LogP contribution in [0.5, 0.6) is 0 Å². The van der Waals surface area contributed by atoms with Gasteiger partial charge in [-0.05, 0) is 92.7 Å². The number of amides is 1. The second-order valence-electron chi connectivity index (χ2n) is 8.75. The largest absolute Gasteiger partial charge is 0.471 e. The molecule has 0 radical (unpaired) electrons. The van der Waals surface area contributed by atoms with Crippen molar-refractivity contribution >= 4 is 11.6 Å². The van der Waals surface area contributed by atoms with E-state index in [0.717, 1.165) is 28.2 Å². The minimum atomic E-state index is -4.85. The summed E-state index contributed by atoms with van der Waals surface area (Å²) in [5, 5.41) is 0. The highest BCUT2D eigenvalue weighted by molar-refractivity contribution is 5.97. The van der Waals surface area contributed by atoms with E-state index in [4.69, 9.17) is 0 Å². The first-order chi connectivity index (χ1) is 12.2. The van der Waals surface area contributed by atoms with Crippen LogP contribution in [0.15, 0.2) is 18.2 Å². The first-order valence-electron chi connectivity index (χ1n) is 9.71. The molecule has 4 aliphatic rings. The van der Waals surface area contributed by atoms with Gasteiger partial charge in [0.05, 0.1) is 0 Å². The second-order valence-corrected chi connectivity index (χ2v) is 8.75. The Morgan fingerprint density at radius 1 is 1.12 bits per heavy atom. The van der Waals surface area contributed by atoms with Gasteiger partial charge in [-0.15, -0.1) is 0 Å². The molecule has 0 saturated heterocycles. The molecule has 4 aliphatic carbocycles. The van der Waals surface area contributed by atoms with Gasteiger partial charge in [0, 0.05) is 12.2 Å². The van der Waals surface area contributed by atoms with E-state index in [1.165, 1.54) is 44.1 Å². The molecule has 4 saturated carbocycles. The van der Waals surface area contributed by atoms with Crippen LogP contribution >= 0.6 is 0 Å². The third-order valence-electron chi connectivity index (χ3n) is 6.94. The van der Waals surface area contributed by atoms with Crippen molar-refractivity contribution in [2.75, 3.05) is 11.4 Å². The topological polar surface area (TPSA) is 20.3 Å². The second kappa shape index (κ2) is 6.00. The van der Waals surface area contributed by atoms with Crippen molar-refractivity contribution < 1.29 is 18.0 Å².